The summed E-state index contributed by atoms with van der Waals surface area (Å²) < 4.78 is 5.47. The Morgan fingerprint density at radius 2 is 1.65 bits per heavy atom. The number of amides is 1. The molecule has 0 N–H and O–H groups in total. The van der Waals surface area contributed by atoms with Gasteiger partial charge >= 0.3 is 0 Å². The quantitative estimate of drug-likeness (QED) is 0.832. The Bertz CT molecular complexity index is 552. The SMILES string of the molecule is Cl.O=C1Cc2ccccc2N1C1CCN(C2CCOCC2)CC1. The number of rotatable bonds is 2. The Labute approximate surface area is 144 Å². The Morgan fingerprint density at radius 3 is 2.39 bits per heavy atom. The van der Waals surface area contributed by atoms with Crippen LogP contribution in [0.5, 0.6) is 0 Å². The van der Waals surface area contributed by atoms with Crippen molar-refractivity contribution >= 4 is 24.0 Å². The highest BCUT2D eigenvalue weighted by atomic mass is 35.5. The van der Waals surface area contributed by atoms with Crippen LogP contribution in [0, 0.1) is 0 Å². The molecule has 1 amide bonds. The number of carbonyl (C=O) groups is 1. The first-order valence-electron chi connectivity index (χ1n) is 8.54. The minimum absolute atomic E-state index is 0. The van der Waals surface area contributed by atoms with E-state index in [0.717, 1.165) is 57.7 Å². The second-order valence-corrected chi connectivity index (χ2v) is 6.68. The molecule has 3 aliphatic heterocycles. The normalized spacial score (nSPS) is 23.7. The van der Waals surface area contributed by atoms with Gasteiger partial charge in [0, 0.05) is 44.1 Å². The molecule has 0 spiro atoms. The maximum absolute atomic E-state index is 12.4. The van der Waals surface area contributed by atoms with Crippen molar-refractivity contribution in [2.45, 2.75) is 44.2 Å². The average Bonchev–Trinajstić information content (AvgIpc) is 2.91. The summed E-state index contributed by atoms with van der Waals surface area (Å²) in [4.78, 5) is 17.1. The average molecular weight is 337 g/mol. The molecule has 126 valence electrons. The van der Waals surface area contributed by atoms with Crippen LogP contribution in [0.1, 0.15) is 31.2 Å². The minimum Gasteiger partial charge on any atom is -0.381 e. The lowest BCUT2D eigenvalue weighted by Gasteiger charge is -2.41. The summed E-state index contributed by atoms with van der Waals surface area (Å²) >= 11 is 0. The van der Waals surface area contributed by atoms with E-state index in [1.165, 1.54) is 5.56 Å². The Morgan fingerprint density at radius 1 is 0.957 bits per heavy atom. The number of anilines is 1. The fourth-order valence-corrected chi connectivity index (χ4v) is 4.24. The van der Waals surface area contributed by atoms with E-state index < -0.39 is 0 Å². The molecule has 0 unspecified atom stereocenters. The lowest BCUT2D eigenvalue weighted by molar-refractivity contribution is -0.118. The van der Waals surface area contributed by atoms with Gasteiger partial charge in [0.2, 0.25) is 5.91 Å². The van der Waals surface area contributed by atoms with Gasteiger partial charge in [-0.3, -0.25) is 4.79 Å². The van der Waals surface area contributed by atoms with Crippen LogP contribution in [-0.4, -0.2) is 49.2 Å². The molecule has 0 aliphatic carbocycles. The van der Waals surface area contributed by atoms with Gasteiger partial charge in [-0.05, 0) is 37.3 Å². The highest BCUT2D eigenvalue weighted by Crippen LogP contribution is 2.33. The van der Waals surface area contributed by atoms with Crippen LogP contribution in [0.15, 0.2) is 24.3 Å². The third-order valence-corrected chi connectivity index (χ3v) is 5.43. The van der Waals surface area contributed by atoms with E-state index in [1.54, 1.807) is 0 Å². The third-order valence-electron chi connectivity index (χ3n) is 5.43. The maximum atomic E-state index is 12.4. The lowest BCUT2D eigenvalue weighted by Crippen LogP contribution is -2.50. The molecule has 1 aromatic carbocycles. The number of para-hydroxylation sites is 1. The van der Waals surface area contributed by atoms with Crippen molar-refractivity contribution in [3.8, 4) is 0 Å². The van der Waals surface area contributed by atoms with E-state index in [0.29, 0.717) is 18.5 Å². The Balaban J connectivity index is 0.00000156. The molecule has 1 aromatic rings. The zero-order valence-electron chi connectivity index (χ0n) is 13.4. The molecule has 5 heteroatoms. The van der Waals surface area contributed by atoms with Crippen molar-refractivity contribution in [3.63, 3.8) is 0 Å². The topological polar surface area (TPSA) is 32.8 Å². The molecule has 0 radical (unpaired) electrons. The van der Waals surface area contributed by atoms with Crippen molar-refractivity contribution in [2.24, 2.45) is 0 Å². The lowest BCUT2D eigenvalue weighted by atomic mass is 9.98. The predicted octanol–water partition coefficient (Wildman–Crippen LogP) is 2.64. The first kappa shape index (κ1) is 16.7. The highest BCUT2D eigenvalue weighted by molar-refractivity contribution is 6.01. The third kappa shape index (κ3) is 3.25. The molecule has 0 saturated carbocycles. The van der Waals surface area contributed by atoms with E-state index in [4.69, 9.17) is 4.74 Å². The fourth-order valence-electron chi connectivity index (χ4n) is 4.24. The van der Waals surface area contributed by atoms with Crippen LogP contribution >= 0.6 is 12.4 Å². The van der Waals surface area contributed by atoms with Gasteiger partial charge in [0.15, 0.2) is 0 Å². The number of hydrogen-bond donors (Lipinski definition) is 0. The van der Waals surface area contributed by atoms with E-state index in [2.05, 4.69) is 21.9 Å². The first-order chi connectivity index (χ1) is 10.8. The molecule has 0 aromatic heterocycles. The molecule has 2 fully saturated rings. The standard InChI is InChI=1S/C18H24N2O2.ClH/c21-18-13-14-3-1-2-4-17(14)20(18)16-5-9-19(10-6-16)15-7-11-22-12-8-15;/h1-4,15-16H,5-13H2;1H. The van der Waals surface area contributed by atoms with E-state index in [-0.39, 0.29) is 18.3 Å². The van der Waals surface area contributed by atoms with Crippen LogP contribution in [0.4, 0.5) is 5.69 Å². The van der Waals surface area contributed by atoms with Gasteiger partial charge < -0.3 is 14.5 Å². The first-order valence-corrected chi connectivity index (χ1v) is 8.54. The number of likely N-dealkylation sites (tertiary alicyclic amines) is 1. The number of ether oxygens (including phenoxy) is 1. The van der Waals surface area contributed by atoms with E-state index in [9.17, 15) is 4.79 Å². The van der Waals surface area contributed by atoms with Crippen LogP contribution in [0.2, 0.25) is 0 Å². The molecule has 3 aliphatic rings. The largest absolute Gasteiger partial charge is 0.381 e. The van der Waals surface area contributed by atoms with Crippen LogP contribution < -0.4 is 4.90 Å². The van der Waals surface area contributed by atoms with Crippen LogP contribution in [-0.2, 0) is 16.0 Å². The van der Waals surface area contributed by atoms with Gasteiger partial charge in [0.05, 0.1) is 6.42 Å². The molecule has 23 heavy (non-hydrogen) atoms. The number of benzene rings is 1. The summed E-state index contributed by atoms with van der Waals surface area (Å²) in [5, 5.41) is 0. The number of nitrogens with zero attached hydrogens (tertiary/aromatic N) is 2. The summed E-state index contributed by atoms with van der Waals surface area (Å²) in [5.74, 6) is 0.283. The van der Waals surface area contributed by atoms with Crippen molar-refractivity contribution in [1.82, 2.24) is 4.90 Å². The second kappa shape index (κ2) is 7.20. The Kier molecular flexibility index (Phi) is 5.24. The fraction of sp³-hybridized carbons (Fsp3) is 0.611. The van der Waals surface area contributed by atoms with Crippen molar-refractivity contribution < 1.29 is 9.53 Å². The van der Waals surface area contributed by atoms with Crippen molar-refractivity contribution in [3.05, 3.63) is 29.8 Å². The number of carbonyl (C=O) groups excluding carboxylic acids is 1. The van der Waals surface area contributed by atoms with Crippen LogP contribution in [0.3, 0.4) is 0 Å². The Hall–Kier alpha value is -1.10. The summed E-state index contributed by atoms with van der Waals surface area (Å²) in [5.41, 5.74) is 2.34. The molecule has 0 bridgehead atoms. The summed E-state index contributed by atoms with van der Waals surface area (Å²) in [6.07, 6.45) is 5.09. The highest BCUT2D eigenvalue weighted by Gasteiger charge is 2.35. The molecular formula is C18H25ClN2O2. The van der Waals surface area contributed by atoms with Crippen molar-refractivity contribution in [2.75, 3.05) is 31.2 Å². The maximum Gasteiger partial charge on any atom is 0.231 e. The number of halogens is 1. The van der Waals surface area contributed by atoms with Gasteiger partial charge in [-0.1, -0.05) is 18.2 Å². The van der Waals surface area contributed by atoms with Gasteiger partial charge in [0.1, 0.15) is 0 Å². The summed E-state index contributed by atoms with van der Waals surface area (Å²) in [6, 6.07) is 9.34. The minimum atomic E-state index is 0. The zero-order chi connectivity index (χ0) is 14.9. The number of hydrogen-bond acceptors (Lipinski definition) is 3. The van der Waals surface area contributed by atoms with Gasteiger partial charge in [-0.15, -0.1) is 12.4 Å². The van der Waals surface area contributed by atoms with Crippen LogP contribution in [0.25, 0.3) is 0 Å². The number of fused-ring (bicyclic) bond motifs is 1. The van der Waals surface area contributed by atoms with Gasteiger partial charge in [-0.2, -0.15) is 0 Å². The predicted molar refractivity (Wildman–Crippen MR) is 93.3 cm³/mol. The van der Waals surface area contributed by atoms with E-state index in [1.807, 2.05) is 12.1 Å². The molecule has 3 heterocycles. The molecular weight excluding hydrogens is 312 g/mol. The molecule has 4 nitrogen and oxygen atoms in total. The van der Waals surface area contributed by atoms with Crippen molar-refractivity contribution in [1.29, 1.82) is 0 Å². The molecule has 4 rings (SSSR count). The molecule has 0 atom stereocenters. The molecule has 2 saturated heterocycles. The second-order valence-electron chi connectivity index (χ2n) is 6.68. The monoisotopic (exact) mass is 336 g/mol. The smallest absolute Gasteiger partial charge is 0.231 e. The van der Waals surface area contributed by atoms with Gasteiger partial charge in [-0.25, -0.2) is 0 Å². The summed E-state index contributed by atoms with van der Waals surface area (Å²) in [7, 11) is 0. The zero-order valence-corrected chi connectivity index (χ0v) is 14.3. The summed E-state index contributed by atoms with van der Waals surface area (Å²) in [6.45, 7) is 4.04. The van der Waals surface area contributed by atoms with E-state index >= 15 is 0 Å². The van der Waals surface area contributed by atoms with Gasteiger partial charge in [0.25, 0.3) is 0 Å². The number of piperidine rings is 1.